The van der Waals surface area contributed by atoms with Crippen LogP contribution in [0, 0.1) is 18.3 Å². The maximum atomic E-state index is 13.5. The van der Waals surface area contributed by atoms with E-state index in [1.54, 1.807) is 22.9 Å². The molecule has 3 aliphatic carbocycles. The van der Waals surface area contributed by atoms with Gasteiger partial charge in [-0.05, 0) is 63.0 Å². The van der Waals surface area contributed by atoms with E-state index in [0.29, 0.717) is 18.2 Å². The van der Waals surface area contributed by atoms with Crippen LogP contribution in [0.2, 0.25) is 0 Å². The molecule has 1 N–H and O–H groups in total. The van der Waals surface area contributed by atoms with Crippen LogP contribution in [0.1, 0.15) is 56.3 Å². The second-order valence-electron chi connectivity index (χ2n) is 11.1. The van der Waals surface area contributed by atoms with Crippen molar-refractivity contribution >= 4 is 39.0 Å². The molecule has 1 aliphatic heterocycles. The Labute approximate surface area is 204 Å². The molecule has 1 aromatic heterocycles. The number of hydrogen-bond donors (Lipinski definition) is 1. The van der Waals surface area contributed by atoms with Gasteiger partial charge in [0.15, 0.2) is 0 Å². The molecule has 0 radical (unpaired) electrons. The first-order valence-electron chi connectivity index (χ1n) is 11.7. The van der Waals surface area contributed by atoms with Crippen LogP contribution >= 0.6 is 11.3 Å². The molecular formula is C24H31N4O4S2+. The number of rotatable bonds is 7. The van der Waals surface area contributed by atoms with E-state index >= 15 is 0 Å². The van der Waals surface area contributed by atoms with Crippen molar-refractivity contribution in [1.82, 2.24) is 14.6 Å². The minimum absolute atomic E-state index is 0.123. The van der Waals surface area contributed by atoms with Gasteiger partial charge in [-0.2, -0.15) is 14.3 Å². The predicted octanol–water partition coefficient (Wildman–Crippen LogP) is 3.14. The SMILES string of the molecule is Cc1ncc(CN2C(=O)C3=CC(S(=O)(=O)NC4(C)CC4)C=CC3=[N+](CC3CC(C)(C)C3)C2=O)s1. The van der Waals surface area contributed by atoms with Gasteiger partial charge >= 0.3 is 11.9 Å². The molecule has 2 saturated carbocycles. The molecule has 5 rings (SSSR count). The summed E-state index contributed by atoms with van der Waals surface area (Å²) in [6.07, 6.45) is 10.0. The van der Waals surface area contributed by atoms with Crippen molar-refractivity contribution in [3.8, 4) is 0 Å². The Bertz CT molecular complexity index is 1260. The number of nitrogens with one attached hydrogen (secondary N) is 1. The van der Waals surface area contributed by atoms with E-state index in [0.717, 1.165) is 35.6 Å². The summed E-state index contributed by atoms with van der Waals surface area (Å²) in [5, 5.41) is -0.101. The molecule has 1 aromatic rings. The lowest BCUT2D eigenvalue weighted by Crippen LogP contribution is -2.53. The molecule has 3 amide bonds. The third kappa shape index (κ3) is 4.43. The minimum atomic E-state index is -3.70. The zero-order valence-electron chi connectivity index (χ0n) is 20.0. The molecule has 10 heteroatoms. The number of hydrogen-bond acceptors (Lipinski definition) is 6. The minimum Gasteiger partial charge on any atom is -0.250 e. The fourth-order valence-corrected chi connectivity index (χ4v) is 7.62. The van der Waals surface area contributed by atoms with E-state index in [2.05, 4.69) is 23.6 Å². The fourth-order valence-electron chi connectivity index (χ4n) is 5.21. The summed E-state index contributed by atoms with van der Waals surface area (Å²) in [5.41, 5.74) is 0.633. The summed E-state index contributed by atoms with van der Waals surface area (Å²) in [6, 6.07) is -0.359. The average molecular weight is 504 g/mol. The number of aromatic nitrogens is 1. The van der Waals surface area contributed by atoms with E-state index in [-0.39, 0.29) is 23.6 Å². The quantitative estimate of drug-likeness (QED) is 0.577. The van der Waals surface area contributed by atoms with Gasteiger partial charge in [-0.1, -0.05) is 19.9 Å². The average Bonchev–Trinajstić information content (AvgIpc) is 3.30. The summed E-state index contributed by atoms with van der Waals surface area (Å²) in [7, 11) is -3.70. The van der Waals surface area contributed by atoms with E-state index in [1.807, 2.05) is 13.8 Å². The number of amides is 3. The molecule has 182 valence electrons. The van der Waals surface area contributed by atoms with E-state index in [1.165, 1.54) is 22.3 Å². The number of sulfonamides is 1. The molecule has 34 heavy (non-hydrogen) atoms. The van der Waals surface area contributed by atoms with Crippen molar-refractivity contribution in [1.29, 1.82) is 0 Å². The standard InChI is InChI=1S/C24H31N4O4S2/c1-15-25-12-17(33-15)14-28-21(29)19-9-18(34(31,32)26-24(4)7-8-24)5-6-20(19)27(22(28)30)13-16-10-23(2,3)11-16/h5-6,9,12,16,18,26H,7-8,10-11,13-14H2,1-4H3/q+1. The normalized spacial score (nSPS) is 25.8. The Morgan fingerprint density at radius 1 is 1.24 bits per heavy atom. The summed E-state index contributed by atoms with van der Waals surface area (Å²) in [4.78, 5) is 33.3. The van der Waals surface area contributed by atoms with Gasteiger partial charge in [0.25, 0.3) is 0 Å². The van der Waals surface area contributed by atoms with Gasteiger partial charge in [-0.3, -0.25) is 0 Å². The largest absolute Gasteiger partial charge is 0.501 e. The molecule has 0 aromatic carbocycles. The second-order valence-corrected chi connectivity index (χ2v) is 14.2. The van der Waals surface area contributed by atoms with Crippen molar-refractivity contribution in [2.75, 3.05) is 6.54 Å². The van der Waals surface area contributed by atoms with Gasteiger partial charge in [0.2, 0.25) is 10.0 Å². The van der Waals surface area contributed by atoms with Crippen LogP contribution in [0.15, 0.2) is 30.0 Å². The van der Waals surface area contributed by atoms with Crippen LogP contribution in [-0.4, -0.2) is 57.9 Å². The number of fused-ring (bicyclic) bond motifs is 1. The van der Waals surface area contributed by atoms with E-state index in [4.69, 9.17) is 0 Å². The van der Waals surface area contributed by atoms with Crippen molar-refractivity contribution in [2.24, 2.45) is 11.3 Å². The molecule has 0 spiro atoms. The molecule has 2 fully saturated rings. The van der Waals surface area contributed by atoms with Gasteiger partial charge in [-0.25, -0.2) is 22.9 Å². The highest BCUT2D eigenvalue weighted by atomic mass is 32.2. The van der Waals surface area contributed by atoms with Crippen molar-refractivity contribution in [3.05, 3.63) is 39.9 Å². The highest BCUT2D eigenvalue weighted by Crippen LogP contribution is 2.45. The Kier molecular flexibility index (Phi) is 5.49. The van der Waals surface area contributed by atoms with Crippen molar-refractivity contribution < 1.29 is 22.6 Å². The Hall–Kier alpha value is -2.17. The molecule has 4 aliphatic rings. The van der Waals surface area contributed by atoms with Gasteiger partial charge in [0.1, 0.15) is 23.1 Å². The highest BCUT2D eigenvalue weighted by Gasteiger charge is 2.49. The lowest BCUT2D eigenvalue weighted by Gasteiger charge is -2.42. The number of thiazole rings is 1. The Morgan fingerprint density at radius 2 is 1.94 bits per heavy atom. The molecule has 8 nitrogen and oxygen atoms in total. The monoisotopic (exact) mass is 503 g/mol. The van der Waals surface area contributed by atoms with Gasteiger partial charge in [0.05, 0.1) is 16.4 Å². The number of allylic oxidation sites excluding steroid dienone is 1. The summed E-state index contributed by atoms with van der Waals surface area (Å²) >= 11 is 1.44. The number of imide groups is 1. The number of carbonyl (C=O) groups excluding carboxylic acids is 2. The smallest absolute Gasteiger partial charge is 0.250 e. The first-order valence-corrected chi connectivity index (χ1v) is 14.1. The second kappa shape index (κ2) is 7.93. The fraction of sp³-hybridized carbons (Fsp3) is 0.583. The van der Waals surface area contributed by atoms with Gasteiger partial charge in [-0.15, -0.1) is 11.3 Å². The molecule has 2 heterocycles. The number of nitrogens with zero attached hydrogens (tertiary/aromatic N) is 3. The molecule has 1 atom stereocenters. The third-order valence-corrected chi connectivity index (χ3v) is 9.82. The van der Waals surface area contributed by atoms with E-state index in [9.17, 15) is 18.0 Å². The zero-order chi connectivity index (χ0) is 24.5. The zero-order valence-corrected chi connectivity index (χ0v) is 21.6. The third-order valence-electron chi connectivity index (χ3n) is 7.13. The summed E-state index contributed by atoms with van der Waals surface area (Å²) in [5.74, 6) is -0.113. The molecule has 1 unspecified atom stereocenters. The Balaban J connectivity index is 1.50. The first kappa shape index (κ1) is 23.6. The van der Waals surface area contributed by atoms with Crippen LogP contribution in [0.25, 0.3) is 0 Å². The lowest BCUT2D eigenvalue weighted by molar-refractivity contribution is -0.451. The number of aryl methyl sites for hydroxylation is 1. The van der Waals surface area contributed by atoms with Crippen LogP contribution in [0.4, 0.5) is 4.79 Å². The number of urea groups is 1. The maximum Gasteiger partial charge on any atom is 0.501 e. The van der Waals surface area contributed by atoms with Gasteiger partial charge in [0, 0.05) is 11.7 Å². The lowest BCUT2D eigenvalue weighted by atomic mass is 9.64. The van der Waals surface area contributed by atoms with Crippen LogP contribution in [0.3, 0.4) is 0 Å². The van der Waals surface area contributed by atoms with Crippen LogP contribution in [-0.2, 0) is 21.4 Å². The van der Waals surface area contributed by atoms with Gasteiger partial charge < -0.3 is 0 Å². The predicted molar refractivity (Wildman–Crippen MR) is 130 cm³/mol. The topological polar surface area (TPSA) is 99.5 Å². The summed E-state index contributed by atoms with van der Waals surface area (Å²) < 4.78 is 30.5. The van der Waals surface area contributed by atoms with Crippen molar-refractivity contribution in [3.63, 3.8) is 0 Å². The molecule has 0 saturated heterocycles. The number of carbonyl (C=O) groups is 2. The van der Waals surface area contributed by atoms with Crippen LogP contribution < -0.4 is 4.72 Å². The highest BCUT2D eigenvalue weighted by molar-refractivity contribution is 7.90. The van der Waals surface area contributed by atoms with Crippen molar-refractivity contribution in [2.45, 2.75) is 70.7 Å². The first-order chi connectivity index (χ1) is 15.9. The van der Waals surface area contributed by atoms with E-state index < -0.39 is 26.7 Å². The molecular weight excluding hydrogens is 472 g/mol. The molecule has 0 bridgehead atoms. The van der Waals surface area contributed by atoms with Crippen LogP contribution in [0.5, 0.6) is 0 Å². The maximum absolute atomic E-state index is 13.5. The Morgan fingerprint density at radius 3 is 2.53 bits per heavy atom. The summed E-state index contributed by atoms with van der Waals surface area (Å²) in [6.45, 7) is 8.82.